The van der Waals surface area contributed by atoms with Crippen LogP contribution in [0.25, 0.3) is 0 Å². The first-order chi connectivity index (χ1) is 11.9. The van der Waals surface area contributed by atoms with E-state index >= 15 is 0 Å². The van der Waals surface area contributed by atoms with Gasteiger partial charge in [-0.05, 0) is 43.7 Å². The van der Waals surface area contributed by atoms with E-state index in [1.54, 1.807) is 37.4 Å². The highest BCUT2D eigenvalue weighted by Crippen LogP contribution is 2.38. The number of phenolic OH excluding ortho intramolecular Hbond substituents is 1. The van der Waals surface area contributed by atoms with Crippen LogP contribution in [0.15, 0.2) is 42.6 Å². The molecule has 0 saturated carbocycles. The smallest absolute Gasteiger partial charge is 0.342 e. The Bertz CT molecular complexity index is 761. The molecule has 1 aromatic heterocycles. The van der Waals surface area contributed by atoms with Crippen molar-refractivity contribution >= 4 is 5.97 Å². The zero-order valence-electron chi connectivity index (χ0n) is 14.4. The summed E-state index contributed by atoms with van der Waals surface area (Å²) in [5.41, 5.74) is 1.97. The second kappa shape index (κ2) is 6.82. The number of carbonyl (C=O) groups is 1. The van der Waals surface area contributed by atoms with E-state index in [1.807, 2.05) is 26.0 Å². The first kappa shape index (κ1) is 17.4. The van der Waals surface area contributed by atoms with Gasteiger partial charge in [0.15, 0.2) is 5.79 Å². The number of rotatable bonds is 4. The van der Waals surface area contributed by atoms with Gasteiger partial charge in [-0.1, -0.05) is 19.1 Å². The zero-order valence-corrected chi connectivity index (χ0v) is 14.4. The summed E-state index contributed by atoms with van der Waals surface area (Å²) in [7, 11) is 0. The van der Waals surface area contributed by atoms with Crippen molar-refractivity contribution in [3.63, 3.8) is 0 Å². The molecule has 1 aromatic carbocycles. The molecule has 6 heteroatoms. The summed E-state index contributed by atoms with van der Waals surface area (Å²) in [6, 6.07) is 10.2. The van der Waals surface area contributed by atoms with Crippen LogP contribution in [0.4, 0.5) is 0 Å². The average Bonchev–Trinajstić information content (AvgIpc) is 2.97. The molecule has 3 unspecified atom stereocenters. The Morgan fingerprint density at radius 3 is 2.76 bits per heavy atom. The second-order valence-corrected chi connectivity index (χ2v) is 6.23. The summed E-state index contributed by atoms with van der Waals surface area (Å²) in [4.78, 5) is 16.4. The number of aromatic nitrogens is 1. The zero-order chi connectivity index (χ0) is 18.0. The van der Waals surface area contributed by atoms with Crippen LogP contribution in [0.2, 0.25) is 0 Å². The van der Waals surface area contributed by atoms with Gasteiger partial charge >= 0.3 is 5.97 Å². The molecule has 3 rings (SSSR count). The maximum absolute atomic E-state index is 12.3. The van der Waals surface area contributed by atoms with Gasteiger partial charge in [-0.25, -0.2) is 4.79 Å². The fourth-order valence-corrected chi connectivity index (χ4v) is 2.80. The van der Waals surface area contributed by atoms with Crippen molar-refractivity contribution in [2.45, 2.75) is 38.8 Å². The van der Waals surface area contributed by atoms with Gasteiger partial charge in [0, 0.05) is 12.1 Å². The monoisotopic (exact) mass is 343 g/mol. The van der Waals surface area contributed by atoms with E-state index in [1.165, 1.54) is 0 Å². The maximum atomic E-state index is 12.3. The minimum Gasteiger partial charge on any atom is -0.508 e. The molecule has 1 saturated heterocycles. The summed E-state index contributed by atoms with van der Waals surface area (Å²) in [5, 5.41) is 9.41. The molecule has 2 aromatic rings. The molecule has 0 spiro atoms. The minimum absolute atomic E-state index is 0.114. The van der Waals surface area contributed by atoms with E-state index in [4.69, 9.17) is 14.2 Å². The van der Waals surface area contributed by atoms with Gasteiger partial charge in [0.25, 0.3) is 0 Å². The third-order valence-electron chi connectivity index (χ3n) is 4.52. The van der Waals surface area contributed by atoms with E-state index in [0.717, 1.165) is 5.56 Å². The topological polar surface area (TPSA) is 77.9 Å². The van der Waals surface area contributed by atoms with Crippen LogP contribution in [-0.2, 0) is 14.2 Å². The third kappa shape index (κ3) is 3.65. The molecule has 0 aliphatic carbocycles. The molecule has 1 fully saturated rings. The Balaban J connectivity index is 1.67. The Morgan fingerprint density at radius 1 is 1.36 bits per heavy atom. The molecule has 1 aliphatic rings. The van der Waals surface area contributed by atoms with Crippen molar-refractivity contribution in [3.8, 4) is 5.75 Å². The van der Waals surface area contributed by atoms with Crippen LogP contribution in [0.1, 0.15) is 41.4 Å². The van der Waals surface area contributed by atoms with Crippen molar-refractivity contribution in [3.05, 3.63) is 59.4 Å². The predicted octanol–water partition coefficient (Wildman–Crippen LogP) is 3.15. The normalized spacial score (nSPS) is 24.0. The molecular weight excluding hydrogens is 322 g/mol. The lowest BCUT2D eigenvalue weighted by atomic mass is 9.93. The number of esters is 1. The summed E-state index contributed by atoms with van der Waals surface area (Å²) < 4.78 is 17.1. The number of carbonyl (C=O) groups excluding carboxylic acids is 1. The molecule has 6 nitrogen and oxygen atoms in total. The first-order valence-electron chi connectivity index (χ1n) is 8.12. The summed E-state index contributed by atoms with van der Waals surface area (Å²) in [5.74, 6) is -1.32. The molecule has 0 bridgehead atoms. The first-order valence-corrected chi connectivity index (χ1v) is 8.12. The molecule has 3 atom stereocenters. The molecule has 132 valence electrons. The lowest BCUT2D eigenvalue weighted by molar-refractivity contribution is -0.198. The number of pyridine rings is 1. The maximum Gasteiger partial charge on any atom is 0.342 e. The molecule has 1 N–H and O–H groups in total. The van der Waals surface area contributed by atoms with Crippen molar-refractivity contribution < 1.29 is 24.1 Å². The van der Waals surface area contributed by atoms with Crippen LogP contribution in [-0.4, -0.2) is 34.7 Å². The lowest BCUT2D eigenvalue weighted by Crippen LogP contribution is -2.34. The van der Waals surface area contributed by atoms with Crippen LogP contribution in [0.3, 0.4) is 0 Å². The van der Waals surface area contributed by atoms with Gasteiger partial charge in [0.1, 0.15) is 12.4 Å². The van der Waals surface area contributed by atoms with Crippen LogP contribution in [0, 0.1) is 6.92 Å². The minimum atomic E-state index is -0.925. The van der Waals surface area contributed by atoms with Crippen LogP contribution < -0.4 is 0 Å². The van der Waals surface area contributed by atoms with Gasteiger partial charge in [-0.2, -0.15) is 0 Å². The standard InChI is InChI=1S/C19H21NO5/c1-12(14-6-8-15(21)9-7-14)19(3)23-11-17(25-19)24-18(22)16-5-4-10-20-13(16)2/h4-10,12,17,21H,11H2,1-3H3. The number of ether oxygens (including phenoxy) is 3. The number of phenols is 1. The number of benzene rings is 1. The fraction of sp³-hybridized carbons (Fsp3) is 0.368. The summed E-state index contributed by atoms with van der Waals surface area (Å²) in [6.07, 6.45) is 0.842. The van der Waals surface area contributed by atoms with E-state index in [2.05, 4.69) is 4.98 Å². The fourth-order valence-electron chi connectivity index (χ4n) is 2.80. The van der Waals surface area contributed by atoms with Crippen molar-refractivity contribution in [2.75, 3.05) is 6.61 Å². The van der Waals surface area contributed by atoms with Gasteiger partial charge in [0.2, 0.25) is 6.29 Å². The van der Waals surface area contributed by atoms with Gasteiger partial charge in [-0.15, -0.1) is 0 Å². The largest absolute Gasteiger partial charge is 0.508 e. The third-order valence-corrected chi connectivity index (χ3v) is 4.52. The molecule has 1 aliphatic heterocycles. The summed E-state index contributed by atoms with van der Waals surface area (Å²) >= 11 is 0. The van der Waals surface area contributed by atoms with E-state index in [0.29, 0.717) is 11.3 Å². The highest BCUT2D eigenvalue weighted by Gasteiger charge is 2.44. The van der Waals surface area contributed by atoms with Crippen molar-refractivity contribution in [2.24, 2.45) is 0 Å². The Kier molecular flexibility index (Phi) is 4.74. The number of nitrogens with zero attached hydrogens (tertiary/aromatic N) is 1. The highest BCUT2D eigenvalue weighted by molar-refractivity contribution is 5.90. The SMILES string of the molecule is Cc1ncccc1C(=O)OC1COC(C)(C(C)c2ccc(O)cc2)O1. The second-order valence-electron chi connectivity index (χ2n) is 6.23. The van der Waals surface area contributed by atoms with Gasteiger partial charge in [0.05, 0.1) is 11.3 Å². The van der Waals surface area contributed by atoms with Crippen molar-refractivity contribution in [1.82, 2.24) is 4.98 Å². The molecule has 0 amide bonds. The number of hydrogen-bond acceptors (Lipinski definition) is 6. The predicted molar refractivity (Wildman–Crippen MR) is 90.1 cm³/mol. The number of aromatic hydroxyl groups is 1. The lowest BCUT2D eigenvalue weighted by Gasteiger charge is -2.30. The molecule has 0 radical (unpaired) electrons. The van der Waals surface area contributed by atoms with E-state index in [9.17, 15) is 9.90 Å². The molecule has 25 heavy (non-hydrogen) atoms. The van der Waals surface area contributed by atoms with Gasteiger partial charge in [-0.3, -0.25) is 4.98 Å². The quantitative estimate of drug-likeness (QED) is 0.859. The van der Waals surface area contributed by atoms with E-state index < -0.39 is 18.0 Å². The summed E-state index contributed by atoms with van der Waals surface area (Å²) in [6.45, 7) is 5.68. The Labute approximate surface area is 146 Å². The van der Waals surface area contributed by atoms with Crippen LogP contribution >= 0.6 is 0 Å². The average molecular weight is 343 g/mol. The van der Waals surface area contributed by atoms with E-state index in [-0.39, 0.29) is 18.3 Å². The molecular formula is C19H21NO5. The van der Waals surface area contributed by atoms with Gasteiger partial charge < -0.3 is 19.3 Å². The van der Waals surface area contributed by atoms with Crippen LogP contribution in [0.5, 0.6) is 5.75 Å². The Hall–Kier alpha value is -2.44. The number of hydrogen-bond donors (Lipinski definition) is 1. The Morgan fingerprint density at radius 2 is 2.08 bits per heavy atom. The van der Waals surface area contributed by atoms with Crippen molar-refractivity contribution in [1.29, 1.82) is 0 Å². The number of aryl methyl sites for hydroxylation is 1. The highest BCUT2D eigenvalue weighted by atomic mass is 16.8. The molecule has 2 heterocycles.